The van der Waals surface area contributed by atoms with Gasteiger partial charge >= 0.3 is 25.7 Å². The van der Waals surface area contributed by atoms with Gasteiger partial charge in [0.25, 0.3) is 0 Å². The summed E-state index contributed by atoms with van der Waals surface area (Å²) in [7, 11) is -4.79. The number of unbranched alkanes of at least 4 members (excludes halogenated alkanes) is 14. The molecule has 0 saturated heterocycles. The van der Waals surface area contributed by atoms with Crippen LogP contribution in [0, 0.1) is 0 Å². The molecule has 0 aliphatic rings. The minimum absolute atomic E-state index is 0.0169. The average molecular weight is 1080 g/mol. The van der Waals surface area contributed by atoms with Gasteiger partial charge in [-0.25, -0.2) is 4.57 Å². The van der Waals surface area contributed by atoms with E-state index >= 15 is 0 Å². The summed E-state index contributed by atoms with van der Waals surface area (Å²) >= 11 is 0. The van der Waals surface area contributed by atoms with E-state index in [9.17, 15) is 28.9 Å². The van der Waals surface area contributed by atoms with Gasteiger partial charge in [0.2, 0.25) is 0 Å². The standard InChI is InChI=1S/C64H103O11P/c1-4-7-10-13-16-19-22-25-28-29-30-31-34-37-40-43-46-49-52-55-64(68)75-61(57-71-62(66)53-50-47-44-41-38-35-32-26-23-20-17-14-11-8-5-2)59-73-76(69,70)72-58-60(56-65)74-63(67)54-51-48-45-42-39-36-33-27-24-21-18-15-12-9-6-3/h7-8,10-11,16-21,25-28,30-33,38,41,47,50,60-61,65H,4-6,9,12-15,22-24,29,34-37,39-40,42-46,48-49,51-59H2,1-3H3,(H,69,70)/b10-7-,11-8-,19-16-,20-17-,21-18-,28-25-,31-30-,32-26-,33-27-,41-38-,50-47-. The van der Waals surface area contributed by atoms with Crippen molar-refractivity contribution < 1.29 is 52.2 Å². The van der Waals surface area contributed by atoms with E-state index in [1.807, 2.05) is 12.2 Å². The number of phosphoric acid groups is 1. The highest BCUT2D eigenvalue weighted by Gasteiger charge is 2.28. The molecule has 0 saturated carbocycles. The van der Waals surface area contributed by atoms with Crippen molar-refractivity contribution in [2.24, 2.45) is 0 Å². The van der Waals surface area contributed by atoms with Gasteiger partial charge < -0.3 is 24.2 Å². The van der Waals surface area contributed by atoms with Crippen molar-refractivity contribution in [3.8, 4) is 0 Å². The summed E-state index contributed by atoms with van der Waals surface area (Å²) < 4.78 is 39.4. The number of allylic oxidation sites excluding steroid dienone is 21. The summed E-state index contributed by atoms with van der Waals surface area (Å²) in [5, 5.41) is 9.82. The molecule has 0 amide bonds. The summed E-state index contributed by atoms with van der Waals surface area (Å²) in [6.45, 7) is 4.23. The van der Waals surface area contributed by atoms with E-state index < -0.39 is 64.4 Å². The number of rotatable bonds is 52. The first kappa shape index (κ1) is 71.6. The van der Waals surface area contributed by atoms with Gasteiger partial charge in [0.1, 0.15) is 12.7 Å². The molecule has 12 heteroatoms. The van der Waals surface area contributed by atoms with Crippen molar-refractivity contribution in [3.63, 3.8) is 0 Å². The molecule has 0 heterocycles. The number of aliphatic hydroxyl groups is 1. The molecule has 2 N–H and O–H groups in total. The first-order valence-electron chi connectivity index (χ1n) is 29.1. The van der Waals surface area contributed by atoms with Gasteiger partial charge in [-0.2, -0.15) is 0 Å². The number of carbonyl (C=O) groups excluding carboxylic acids is 3. The van der Waals surface area contributed by atoms with Crippen molar-refractivity contribution in [2.75, 3.05) is 26.4 Å². The first-order chi connectivity index (χ1) is 37.2. The predicted molar refractivity (Wildman–Crippen MR) is 316 cm³/mol. The predicted octanol–water partition coefficient (Wildman–Crippen LogP) is 17.4. The normalized spacial score (nSPS) is 14.3. The van der Waals surface area contributed by atoms with Crippen LogP contribution < -0.4 is 0 Å². The molecule has 3 unspecified atom stereocenters. The van der Waals surface area contributed by atoms with Crippen molar-refractivity contribution >= 4 is 25.7 Å². The zero-order valence-electron chi connectivity index (χ0n) is 47.4. The van der Waals surface area contributed by atoms with Gasteiger partial charge in [-0.05, 0) is 116 Å². The maximum Gasteiger partial charge on any atom is 0.472 e. The lowest BCUT2D eigenvalue weighted by molar-refractivity contribution is -0.161. The fourth-order valence-electron chi connectivity index (χ4n) is 7.21. The van der Waals surface area contributed by atoms with Crippen LogP contribution in [0.1, 0.15) is 213 Å². The van der Waals surface area contributed by atoms with Gasteiger partial charge in [-0.15, -0.1) is 0 Å². The molecule has 0 aromatic heterocycles. The monoisotopic (exact) mass is 1080 g/mol. The second kappa shape index (κ2) is 56.8. The van der Waals surface area contributed by atoms with E-state index in [1.54, 1.807) is 6.08 Å². The average Bonchev–Trinajstić information content (AvgIpc) is 3.41. The third-order valence-electron chi connectivity index (χ3n) is 11.6. The van der Waals surface area contributed by atoms with Crippen LogP contribution in [0.3, 0.4) is 0 Å². The highest BCUT2D eigenvalue weighted by Crippen LogP contribution is 2.43. The van der Waals surface area contributed by atoms with E-state index in [4.69, 9.17) is 23.3 Å². The lowest BCUT2D eigenvalue weighted by atomic mass is 10.1. The largest absolute Gasteiger partial charge is 0.472 e. The number of ether oxygens (including phenoxy) is 3. The van der Waals surface area contributed by atoms with Crippen LogP contribution in [-0.2, 0) is 42.2 Å². The van der Waals surface area contributed by atoms with E-state index in [2.05, 4.69) is 136 Å². The second-order valence-electron chi connectivity index (χ2n) is 18.7. The van der Waals surface area contributed by atoms with Crippen LogP contribution >= 0.6 is 7.82 Å². The summed E-state index contributed by atoms with van der Waals surface area (Å²) in [4.78, 5) is 48.5. The third kappa shape index (κ3) is 54.4. The Morgan fingerprint density at radius 3 is 1.12 bits per heavy atom. The van der Waals surface area contributed by atoms with Gasteiger partial charge in [0.05, 0.1) is 26.2 Å². The Labute approximate surface area is 461 Å². The lowest BCUT2D eigenvalue weighted by Crippen LogP contribution is -2.30. The maximum atomic E-state index is 12.9. The molecule has 76 heavy (non-hydrogen) atoms. The number of carbonyl (C=O) groups is 3. The minimum Gasteiger partial charge on any atom is -0.461 e. The summed E-state index contributed by atoms with van der Waals surface area (Å²) in [6, 6.07) is 0. The van der Waals surface area contributed by atoms with Crippen molar-refractivity contribution in [1.82, 2.24) is 0 Å². The molecule has 11 nitrogen and oxygen atoms in total. The number of hydrogen-bond donors (Lipinski definition) is 2. The van der Waals surface area contributed by atoms with Crippen molar-refractivity contribution in [3.05, 3.63) is 134 Å². The Kier molecular flexibility index (Phi) is 53.5. The van der Waals surface area contributed by atoms with Crippen molar-refractivity contribution in [1.29, 1.82) is 0 Å². The second-order valence-corrected chi connectivity index (χ2v) is 20.2. The molecule has 0 radical (unpaired) electrons. The molecule has 430 valence electrons. The zero-order valence-corrected chi connectivity index (χ0v) is 48.3. The van der Waals surface area contributed by atoms with Crippen LogP contribution in [-0.4, -0.2) is 66.5 Å². The van der Waals surface area contributed by atoms with Gasteiger partial charge in [0, 0.05) is 12.8 Å². The van der Waals surface area contributed by atoms with Gasteiger partial charge in [-0.3, -0.25) is 23.4 Å². The van der Waals surface area contributed by atoms with Gasteiger partial charge in [0.15, 0.2) is 6.10 Å². The topological polar surface area (TPSA) is 155 Å². The fraction of sp³-hybridized carbons (Fsp3) is 0.609. The zero-order chi connectivity index (χ0) is 55.5. The maximum absolute atomic E-state index is 12.9. The molecule has 0 aromatic rings. The molecule has 0 aromatic carbocycles. The number of hydrogen-bond acceptors (Lipinski definition) is 10. The minimum atomic E-state index is -4.79. The highest BCUT2D eigenvalue weighted by molar-refractivity contribution is 7.47. The Bertz CT molecular complexity index is 1780. The Hall–Kier alpha value is -4.38. The molecule has 0 bridgehead atoms. The van der Waals surface area contributed by atoms with E-state index in [1.165, 1.54) is 19.3 Å². The first-order valence-corrected chi connectivity index (χ1v) is 30.6. The van der Waals surface area contributed by atoms with E-state index in [0.717, 1.165) is 135 Å². The molecule has 0 spiro atoms. The summed E-state index contributed by atoms with van der Waals surface area (Å²) in [6.07, 6.45) is 71.5. The van der Waals surface area contributed by atoms with Crippen LogP contribution in [0.4, 0.5) is 0 Å². The molecule has 0 fully saturated rings. The Morgan fingerprint density at radius 2 is 0.724 bits per heavy atom. The summed E-state index contributed by atoms with van der Waals surface area (Å²) in [5.74, 6) is -1.66. The quantitative estimate of drug-likeness (QED) is 0.0197. The van der Waals surface area contributed by atoms with Gasteiger partial charge in [-0.1, -0.05) is 212 Å². The third-order valence-corrected chi connectivity index (χ3v) is 12.5. The molecular weight excluding hydrogens is 976 g/mol. The highest BCUT2D eigenvalue weighted by atomic mass is 31.2. The molecular formula is C64H103O11P. The Morgan fingerprint density at radius 1 is 0.395 bits per heavy atom. The molecule has 3 atom stereocenters. The number of aliphatic hydroxyl groups excluding tert-OH is 1. The van der Waals surface area contributed by atoms with E-state index in [0.29, 0.717) is 19.3 Å². The smallest absolute Gasteiger partial charge is 0.461 e. The fourth-order valence-corrected chi connectivity index (χ4v) is 8.00. The summed E-state index contributed by atoms with van der Waals surface area (Å²) in [5.41, 5.74) is 0. The van der Waals surface area contributed by atoms with Crippen LogP contribution in [0.25, 0.3) is 0 Å². The molecule has 0 rings (SSSR count). The SMILES string of the molecule is CC/C=C\C/C=C\C/C=C\C/C=C\C/C=C\CC(=O)OCC(COP(=O)(O)OCC(CO)OC(=O)CCCCCCC/C=C\C/C=C\CCCCC)OC(=O)CCCCCCCC/C=C\C/C=C\C/C=C\C/C=C\CC. The number of esters is 3. The van der Waals surface area contributed by atoms with Crippen LogP contribution in [0.15, 0.2) is 134 Å². The van der Waals surface area contributed by atoms with Crippen LogP contribution in [0.2, 0.25) is 0 Å². The molecule has 0 aliphatic carbocycles. The van der Waals surface area contributed by atoms with E-state index in [-0.39, 0.29) is 19.3 Å². The van der Waals surface area contributed by atoms with Crippen molar-refractivity contribution in [2.45, 2.75) is 226 Å². The lowest BCUT2D eigenvalue weighted by Gasteiger charge is -2.21. The number of phosphoric ester groups is 1. The molecule has 0 aliphatic heterocycles. The Balaban J connectivity index is 4.88. The van der Waals surface area contributed by atoms with Crippen LogP contribution in [0.5, 0.6) is 0 Å².